The van der Waals surface area contributed by atoms with Crippen LogP contribution in [-0.4, -0.2) is 31.0 Å². The molecule has 3 amide bonds. The molecule has 2 aromatic rings. The third-order valence-corrected chi connectivity index (χ3v) is 4.00. The Bertz CT molecular complexity index is 679. The van der Waals surface area contributed by atoms with Gasteiger partial charge in [0.05, 0.1) is 16.8 Å². The summed E-state index contributed by atoms with van der Waals surface area (Å²) < 4.78 is 0. The number of nitrogens with one attached hydrogen (secondary N) is 2. The molecule has 0 saturated carbocycles. The van der Waals surface area contributed by atoms with Crippen molar-refractivity contribution in [1.82, 2.24) is 10.3 Å². The van der Waals surface area contributed by atoms with Gasteiger partial charge < -0.3 is 10.6 Å². The van der Waals surface area contributed by atoms with Crippen LogP contribution in [0.4, 0.5) is 16.2 Å². The molecule has 3 rings (SSSR count). The first-order chi connectivity index (χ1) is 8.63. The Balaban J connectivity index is 2.36. The quantitative estimate of drug-likeness (QED) is 0.820. The highest BCUT2D eigenvalue weighted by atomic mass is 32.1. The summed E-state index contributed by atoms with van der Waals surface area (Å²) in [6, 6.07) is 1.52. The first kappa shape index (κ1) is 11.0. The van der Waals surface area contributed by atoms with Gasteiger partial charge in [-0.25, -0.2) is 9.78 Å². The van der Waals surface area contributed by atoms with Gasteiger partial charge in [0.25, 0.3) is 5.91 Å². The van der Waals surface area contributed by atoms with Crippen molar-refractivity contribution in [2.24, 2.45) is 0 Å². The van der Waals surface area contributed by atoms with Gasteiger partial charge in [-0.2, -0.15) is 0 Å². The summed E-state index contributed by atoms with van der Waals surface area (Å²) in [6.07, 6.45) is 1.64. The maximum Gasteiger partial charge on any atom is 0.326 e. The average Bonchev–Trinajstić information content (AvgIpc) is 2.75. The van der Waals surface area contributed by atoms with Crippen molar-refractivity contribution in [2.75, 3.05) is 24.3 Å². The van der Waals surface area contributed by atoms with Crippen LogP contribution < -0.4 is 15.5 Å². The van der Waals surface area contributed by atoms with Crippen LogP contribution in [0, 0.1) is 0 Å². The molecule has 0 atom stereocenters. The summed E-state index contributed by atoms with van der Waals surface area (Å²) in [4.78, 5) is 30.6. The standard InChI is InChI=1S/C11H10N4O2S/c1-12-9(16)8-7-6-5(15(2)11(17)14-7)3-4-13-10(6)18-8/h3-4H,1-2H3,(H,12,16)(H,14,17). The molecular formula is C11H10N4O2S. The molecule has 0 spiro atoms. The van der Waals surface area contributed by atoms with Gasteiger partial charge in [0, 0.05) is 20.3 Å². The van der Waals surface area contributed by atoms with E-state index in [9.17, 15) is 9.59 Å². The molecule has 0 aliphatic carbocycles. The highest BCUT2D eigenvalue weighted by molar-refractivity contribution is 7.21. The molecule has 7 heteroatoms. The Kier molecular flexibility index (Phi) is 2.24. The SMILES string of the molecule is CNC(=O)c1sc2nccc3c2c1NC(=O)N3C. The molecule has 0 radical (unpaired) electrons. The zero-order valence-electron chi connectivity index (χ0n) is 9.77. The van der Waals surface area contributed by atoms with E-state index in [1.807, 2.05) is 0 Å². The van der Waals surface area contributed by atoms with Crippen LogP contribution in [0.15, 0.2) is 12.3 Å². The van der Waals surface area contributed by atoms with Gasteiger partial charge in [0.15, 0.2) is 0 Å². The number of pyridine rings is 1. The van der Waals surface area contributed by atoms with Crippen LogP contribution in [0.5, 0.6) is 0 Å². The number of thiophene rings is 1. The Morgan fingerprint density at radius 1 is 1.56 bits per heavy atom. The number of hydrogen-bond acceptors (Lipinski definition) is 4. The number of anilines is 2. The molecule has 3 heterocycles. The number of carbonyl (C=O) groups excluding carboxylic acids is 2. The van der Waals surface area contributed by atoms with Crippen molar-refractivity contribution in [3.63, 3.8) is 0 Å². The molecule has 0 unspecified atom stereocenters. The van der Waals surface area contributed by atoms with Gasteiger partial charge in [-0.1, -0.05) is 0 Å². The van der Waals surface area contributed by atoms with Crippen molar-refractivity contribution in [3.8, 4) is 0 Å². The molecule has 92 valence electrons. The summed E-state index contributed by atoms with van der Waals surface area (Å²) in [6.45, 7) is 0. The van der Waals surface area contributed by atoms with E-state index in [-0.39, 0.29) is 11.9 Å². The van der Waals surface area contributed by atoms with Crippen molar-refractivity contribution in [2.45, 2.75) is 0 Å². The largest absolute Gasteiger partial charge is 0.354 e. The van der Waals surface area contributed by atoms with Gasteiger partial charge in [-0.3, -0.25) is 9.69 Å². The van der Waals surface area contributed by atoms with E-state index < -0.39 is 0 Å². The normalized spacial score (nSPS) is 13.7. The second-order valence-electron chi connectivity index (χ2n) is 3.88. The predicted molar refractivity (Wildman–Crippen MR) is 70.4 cm³/mol. The second kappa shape index (κ2) is 3.67. The molecule has 18 heavy (non-hydrogen) atoms. The molecule has 0 fully saturated rings. The van der Waals surface area contributed by atoms with Crippen molar-refractivity contribution < 1.29 is 9.59 Å². The average molecular weight is 262 g/mol. The van der Waals surface area contributed by atoms with Gasteiger partial charge in [0.1, 0.15) is 9.71 Å². The third-order valence-electron chi connectivity index (χ3n) is 2.90. The number of amides is 3. The molecule has 2 aromatic heterocycles. The van der Waals surface area contributed by atoms with E-state index in [1.165, 1.54) is 16.2 Å². The van der Waals surface area contributed by atoms with Gasteiger partial charge in [-0.15, -0.1) is 11.3 Å². The maximum absolute atomic E-state index is 11.8. The fourth-order valence-electron chi connectivity index (χ4n) is 1.98. The van der Waals surface area contributed by atoms with Gasteiger partial charge in [-0.05, 0) is 6.07 Å². The predicted octanol–water partition coefficient (Wildman–Crippen LogP) is 1.64. The zero-order chi connectivity index (χ0) is 12.9. The van der Waals surface area contributed by atoms with E-state index in [0.717, 1.165) is 15.9 Å². The molecule has 2 N–H and O–H groups in total. The highest BCUT2D eigenvalue weighted by Crippen LogP contribution is 2.42. The Hall–Kier alpha value is -2.15. The van der Waals surface area contributed by atoms with Crippen molar-refractivity contribution in [1.29, 1.82) is 0 Å². The van der Waals surface area contributed by atoms with E-state index in [1.54, 1.807) is 26.4 Å². The Morgan fingerprint density at radius 3 is 3.06 bits per heavy atom. The molecule has 0 saturated heterocycles. The minimum Gasteiger partial charge on any atom is -0.354 e. The number of carbonyl (C=O) groups is 2. The minimum atomic E-state index is -0.251. The van der Waals surface area contributed by atoms with Crippen molar-refractivity contribution in [3.05, 3.63) is 17.1 Å². The second-order valence-corrected chi connectivity index (χ2v) is 4.88. The van der Waals surface area contributed by atoms with E-state index in [4.69, 9.17) is 0 Å². The van der Waals surface area contributed by atoms with Crippen LogP contribution in [0.3, 0.4) is 0 Å². The summed E-state index contributed by atoms with van der Waals surface area (Å²) >= 11 is 1.27. The Labute approximate surface area is 107 Å². The summed E-state index contributed by atoms with van der Waals surface area (Å²) in [5.41, 5.74) is 1.32. The minimum absolute atomic E-state index is 0.219. The Morgan fingerprint density at radius 2 is 2.33 bits per heavy atom. The van der Waals surface area contributed by atoms with Crippen LogP contribution in [0.2, 0.25) is 0 Å². The first-order valence-electron chi connectivity index (χ1n) is 5.31. The lowest BCUT2D eigenvalue weighted by Crippen LogP contribution is -2.34. The number of urea groups is 1. The summed E-state index contributed by atoms with van der Waals surface area (Å²) in [5.74, 6) is -0.219. The lowest BCUT2D eigenvalue weighted by molar-refractivity contribution is 0.0968. The smallest absolute Gasteiger partial charge is 0.326 e. The zero-order valence-corrected chi connectivity index (χ0v) is 10.6. The first-order valence-corrected chi connectivity index (χ1v) is 6.13. The lowest BCUT2D eigenvalue weighted by Gasteiger charge is -2.24. The lowest BCUT2D eigenvalue weighted by atomic mass is 10.2. The molecule has 0 bridgehead atoms. The van der Waals surface area contributed by atoms with E-state index >= 15 is 0 Å². The number of nitrogens with zero attached hydrogens (tertiary/aromatic N) is 2. The number of hydrogen-bond donors (Lipinski definition) is 2. The maximum atomic E-state index is 11.8. The third kappa shape index (κ3) is 1.31. The molecule has 1 aliphatic heterocycles. The van der Waals surface area contributed by atoms with E-state index in [0.29, 0.717) is 10.6 Å². The van der Waals surface area contributed by atoms with Crippen LogP contribution in [-0.2, 0) is 0 Å². The molecular weight excluding hydrogens is 252 g/mol. The van der Waals surface area contributed by atoms with Crippen molar-refractivity contribution >= 4 is 44.9 Å². The molecule has 6 nitrogen and oxygen atoms in total. The van der Waals surface area contributed by atoms with Gasteiger partial charge in [0.2, 0.25) is 0 Å². The molecule has 0 aromatic carbocycles. The van der Waals surface area contributed by atoms with Crippen LogP contribution in [0.25, 0.3) is 10.2 Å². The molecule has 1 aliphatic rings. The fraction of sp³-hybridized carbons (Fsp3) is 0.182. The van der Waals surface area contributed by atoms with Gasteiger partial charge >= 0.3 is 6.03 Å². The monoisotopic (exact) mass is 262 g/mol. The highest BCUT2D eigenvalue weighted by Gasteiger charge is 2.29. The number of aromatic nitrogens is 1. The fourth-order valence-corrected chi connectivity index (χ4v) is 3.04. The summed E-state index contributed by atoms with van der Waals surface area (Å²) in [7, 11) is 3.24. The summed E-state index contributed by atoms with van der Waals surface area (Å²) in [5, 5.41) is 6.12. The topological polar surface area (TPSA) is 74.3 Å². The number of rotatable bonds is 1. The van der Waals surface area contributed by atoms with Crippen LogP contribution >= 0.6 is 11.3 Å². The van der Waals surface area contributed by atoms with E-state index in [2.05, 4.69) is 15.6 Å². The van der Waals surface area contributed by atoms with Crippen LogP contribution in [0.1, 0.15) is 9.67 Å².